The SMILES string of the molecule is O=C1CC=CC=C1C[C@H]1COCN1. The second kappa shape index (κ2) is 3.85. The Bertz CT molecular complexity index is 262. The summed E-state index contributed by atoms with van der Waals surface area (Å²) >= 11 is 0. The Balaban J connectivity index is 1.95. The number of carbonyl (C=O) groups is 1. The van der Waals surface area contributed by atoms with Crippen molar-refractivity contribution in [2.75, 3.05) is 13.3 Å². The Labute approximate surface area is 77.5 Å². The molecule has 1 aliphatic heterocycles. The van der Waals surface area contributed by atoms with Crippen molar-refractivity contribution in [1.82, 2.24) is 5.32 Å². The number of hydrogen-bond acceptors (Lipinski definition) is 3. The summed E-state index contributed by atoms with van der Waals surface area (Å²) in [6.07, 6.45) is 7.10. The first-order valence-corrected chi connectivity index (χ1v) is 4.56. The zero-order valence-corrected chi connectivity index (χ0v) is 7.45. The monoisotopic (exact) mass is 179 g/mol. The summed E-state index contributed by atoms with van der Waals surface area (Å²) in [4.78, 5) is 11.4. The molecule has 0 amide bonds. The van der Waals surface area contributed by atoms with E-state index in [4.69, 9.17) is 4.74 Å². The van der Waals surface area contributed by atoms with Crippen molar-refractivity contribution < 1.29 is 9.53 Å². The zero-order chi connectivity index (χ0) is 9.10. The smallest absolute Gasteiger partial charge is 0.162 e. The average molecular weight is 179 g/mol. The quantitative estimate of drug-likeness (QED) is 0.680. The molecule has 2 rings (SSSR count). The van der Waals surface area contributed by atoms with Gasteiger partial charge in [-0.05, 0) is 12.0 Å². The number of allylic oxidation sites excluding steroid dienone is 3. The summed E-state index contributed by atoms with van der Waals surface area (Å²) in [6, 6.07) is 0.321. The number of nitrogens with one attached hydrogen (secondary N) is 1. The van der Waals surface area contributed by atoms with Gasteiger partial charge in [-0.3, -0.25) is 10.1 Å². The number of rotatable bonds is 2. The highest BCUT2D eigenvalue weighted by Gasteiger charge is 2.19. The molecule has 0 saturated carbocycles. The molecule has 1 aliphatic carbocycles. The van der Waals surface area contributed by atoms with E-state index in [0.29, 0.717) is 25.8 Å². The van der Waals surface area contributed by atoms with Gasteiger partial charge in [-0.25, -0.2) is 0 Å². The minimum absolute atomic E-state index is 0.246. The first-order chi connectivity index (χ1) is 6.36. The van der Waals surface area contributed by atoms with Gasteiger partial charge in [0.25, 0.3) is 0 Å². The normalized spacial score (nSPS) is 27.8. The fourth-order valence-corrected chi connectivity index (χ4v) is 1.60. The van der Waals surface area contributed by atoms with Gasteiger partial charge in [0.15, 0.2) is 5.78 Å². The molecule has 0 bridgehead atoms. The molecule has 1 saturated heterocycles. The first-order valence-electron chi connectivity index (χ1n) is 4.56. The van der Waals surface area contributed by atoms with E-state index in [1.165, 1.54) is 0 Å². The third kappa shape index (κ3) is 2.05. The molecule has 0 unspecified atom stereocenters. The van der Waals surface area contributed by atoms with Crippen molar-refractivity contribution in [3.8, 4) is 0 Å². The van der Waals surface area contributed by atoms with Crippen LogP contribution < -0.4 is 5.32 Å². The number of ketones is 1. The largest absolute Gasteiger partial charge is 0.365 e. The van der Waals surface area contributed by atoms with Crippen molar-refractivity contribution in [2.24, 2.45) is 0 Å². The lowest BCUT2D eigenvalue weighted by atomic mass is 9.97. The summed E-state index contributed by atoms with van der Waals surface area (Å²) in [5.41, 5.74) is 0.922. The zero-order valence-electron chi connectivity index (χ0n) is 7.45. The lowest BCUT2D eigenvalue weighted by molar-refractivity contribution is -0.115. The van der Waals surface area contributed by atoms with E-state index in [2.05, 4.69) is 5.32 Å². The molecule has 3 nitrogen and oxygen atoms in total. The molecular formula is C10H13NO2. The number of ether oxygens (including phenoxy) is 1. The van der Waals surface area contributed by atoms with Crippen molar-refractivity contribution >= 4 is 5.78 Å². The summed E-state index contributed by atoms with van der Waals surface area (Å²) < 4.78 is 5.17. The third-order valence-electron chi connectivity index (χ3n) is 2.35. The van der Waals surface area contributed by atoms with E-state index in [1.54, 1.807) is 0 Å². The van der Waals surface area contributed by atoms with Crippen LogP contribution in [0.1, 0.15) is 12.8 Å². The third-order valence-corrected chi connectivity index (χ3v) is 2.35. The van der Waals surface area contributed by atoms with Crippen molar-refractivity contribution in [3.05, 3.63) is 23.8 Å². The van der Waals surface area contributed by atoms with Gasteiger partial charge in [0, 0.05) is 12.5 Å². The molecular weight excluding hydrogens is 166 g/mol. The minimum Gasteiger partial charge on any atom is -0.365 e. The maximum absolute atomic E-state index is 11.4. The Morgan fingerprint density at radius 1 is 1.62 bits per heavy atom. The average Bonchev–Trinajstić information content (AvgIpc) is 2.61. The van der Waals surface area contributed by atoms with Crippen molar-refractivity contribution in [1.29, 1.82) is 0 Å². The number of Topliss-reactive ketones (excluding diaryl/α,β-unsaturated/α-hetero) is 1. The second-order valence-corrected chi connectivity index (χ2v) is 3.37. The van der Waals surface area contributed by atoms with Crippen LogP contribution in [0.4, 0.5) is 0 Å². The Morgan fingerprint density at radius 3 is 3.23 bits per heavy atom. The van der Waals surface area contributed by atoms with Crippen LogP contribution in [-0.2, 0) is 9.53 Å². The van der Waals surface area contributed by atoms with Crippen LogP contribution in [0.5, 0.6) is 0 Å². The molecule has 1 N–H and O–H groups in total. The van der Waals surface area contributed by atoms with Crippen LogP contribution in [0.15, 0.2) is 23.8 Å². The van der Waals surface area contributed by atoms with Gasteiger partial charge >= 0.3 is 0 Å². The predicted octanol–water partition coefficient (Wildman–Crippen LogP) is 0.778. The lowest BCUT2D eigenvalue weighted by Gasteiger charge is -2.11. The molecule has 0 aromatic heterocycles. The van der Waals surface area contributed by atoms with Gasteiger partial charge in [-0.2, -0.15) is 0 Å². The van der Waals surface area contributed by atoms with Gasteiger partial charge in [-0.1, -0.05) is 18.2 Å². The molecule has 70 valence electrons. The number of carbonyl (C=O) groups excluding carboxylic acids is 1. The maximum Gasteiger partial charge on any atom is 0.162 e. The van der Waals surface area contributed by atoms with Crippen LogP contribution in [0.25, 0.3) is 0 Å². The second-order valence-electron chi connectivity index (χ2n) is 3.37. The van der Waals surface area contributed by atoms with Gasteiger partial charge < -0.3 is 4.74 Å². The Hall–Kier alpha value is -0.930. The molecule has 0 aromatic carbocycles. The molecule has 0 radical (unpaired) electrons. The van der Waals surface area contributed by atoms with E-state index < -0.39 is 0 Å². The van der Waals surface area contributed by atoms with Crippen molar-refractivity contribution in [3.63, 3.8) is 0 Å². The molecule has 3 heteroatoms. The highest BCUT2D eigenvalue weighted by molar-refractivity contribution is 5.97. The minimum atomic E-state index is 0.246. The highest BCUT2D eigenvalue weighted by atomic mass is 16.5. The molecule has 1 atom stereocenters. The van der Waals surface area contributed by atoms with Crippen LogP contribution >= 0.6 is 0 Å². The molecule has 2 aliphatic rings. The fraction of sp³-hybridized carbons (Fsp3) is 0.500. The van der Waals surface area contributed by atoms with Crippen LogP contribution in [0.2, 0.25) is 0 Å². The van der Waals surface area contributed by atoms with Crippen LogP contribution in [-0.4, -0.2) is 25.2 Å². The van der Waals surface area contributed by atoms with Crippen molar-refractivity contribution in [2.45, 2.75) is 18.9 Å². The standard InChI is InChI=1S/C10H13NO2/c12-10-4-2-1-3-8(10)5-9-6-13-7-11-9/h1-3,9,11H,4-7H2/t9-/m0/s1. The van der Waals surface area contributed by atoms with E-state index >= 15 is 0 Å². The van der Waals surface area contributed by atoms with Crippen LogP contribution in [0.3, 0.4) is 0 Å². The van der Waals surface area contributed by atoms with E-state index in [-0.39, 0.29) is 5.78 Å². The molecule has 1 fully saturated rings. The van der Waals surface area contributed by atoms with E-state index in [0.717, 1.165) is 12.0 Å². The van der Waals surface area contributed by atoms with Crippen LogP contribution in [0, 0.1) is 0 Å². The molecule has 13 heavy (non-hydrogen) atoms. The van der Waals surface area contributed by atoms with E-state index in [9.17, 15) is 4.79 Å². The highest BCUT2D eigenvalue weighted by Crippen LogP contribution is 2.15. The van der Waals surface area contributed by atoms with Gasteiger partial charge in [0.05, 0.1) is 13.3 Å². The number of hydrogen-bond donors (Lipinski definition) is 1. The van der Waals surface area contributed by atoms with E-state index in [1.807, 2.05) is 18.2 Å². The summed E-state index contributed by atoms with van der Waals surface area (Å²) in [7, 11) is 0. The summed E-state index contributed by atoms with van der Waals surface area (Å²) in [5, 5.41) is 3.19. The lowest BCUT2D eigenvalue weighted by Crippen LogP contribution is -2.25. The maximum atomic E-state index is 11.4. The van der Waals surface area contributed by atoms with Gasteiger partial charge in [-0.15, -0.1) is 0 Å². The fourth-order valence-electron chi connectivity index (χ4n) is 1.60. The summed E-state index contributed by atoms with van der Waals surface area (Å²) in [6.45, 7) is 1.33. The molecule has 0 aromatic rings. The molecule has 0 spiro atoms. The van der Waals surface area contributed by atoms with Gasteiger partial charge in [0.2, 0.25) is 0 Å². The topological polar surface area (TPSA) is 38.3 Å². The Kier molecular flexibility index (Phi) is 2.57. The predicted molar refractivity (Wildman–Crippen MR) is 49.2 cm³/mol. The first kappa shape index (κ1) is 8.66. The summed E-state index contributed by atoms with van der Waals surface area (Å²) in [5.74, 6) is 0.246. The van der Waals surface area contributed by atoms with Gasteiger partial charge in [0.1, 0.15) is 0 Å². The molecule has 1 heterocycles. The Morgan fingerprint density at radius 2 is 2.54 bits per heavy atom.